The van der Waals surface area contributed by atoms with E-state index in [0.29, 0.717) is 22.0 Å². The fourth-order valence-electron chi connectivity index (χ4n) is 1.59. The summed E-state index contributed by atoms with van der Waals surface area (Å²) in [4.78, 5) is 22.7. The molecular formula is C13H10Cl2O4. The van der Waals surface area contributed by atoms with Crippen LogP contribution in [0.15, 0.2) is 24.3 Å². The van der Waals surface area contributed by atoms with Crippen molar-refractivity contribution in [3.05, 3.63) is 39.9 Å². The van der Waals surface area contributed by atoms with Gasteiger partial charge in [0.05, 0.1) is 6.61 Å². The molecule has 19 heavy (non-hydrogen) atoms. The summed E-state index contributed by atoms with van der Waals surface area (Å²) in [6, 6.07) is 5.02. The fraction of sp³-hybridized carbons (Fsp3) is 0.231. The monoisotopic (exact) mass is 300 g/mol. The molecule has 0 amide bonds. The minimum absolute atomic E-state index is 0.275. The van der Waals surface area contributed by atoms with Crippen molar-refractivity contribution in [2.75, 3.05) is 6.61 Å². The Bertz CT molecular complexity index is 519. The summed E-state index contributed by atoms with van der Waals surface area (Å²) in [5, 5.41) is 0.855. The first-order valence-electron chi connectivity index (χ1n) is 5.57. The highest BCUT2D eigenvalue weighted by Crippen LogP contribution is 2.25. The first kappa shape index (κ1) is 13.9. The highest BCUT2D eigenvalue weighted by atomic mass is 35.5. The predicted molar refractivity (Wildman–Crippen MR) is 71.0 cm³/mol. The van der Waals surface area contributed by atoms with Gasteiger partial charge in [-0.05, 0) is 18.2 Å². The van der Waals surface area contributed by atoms with E-state index < -0.39 is 18.0 Å². The Morgan fingerprint density at radius 1 is 1.37 bits per heavy atom. The van der Waals surface area contributed by atoms with Crippen LogP contribution in [-0.4, -0.2) is 24.6 Å². The second-order valence-corrected chi connectivity index (χ2v) is 4.66. The van der Waals surface area contributed by atoms with Crippen LogP contribution in [-0.2, 0) is 19.1 Å². The average Bonchev–Trinajstić information content (AvgIpc) is 2.74. The Labute approximate surface area is 119 Å². The van der Waals surface area contributed by atoms with Crippen LogP contribution in [0.2, 0.25) is 10.0 Å². The van der Waals surface area contributed by atoms with Crippen molar-refractivity contribution in [2.45, 2.75) is 12.5 Å². The second-order valence-electron chi connectivity index (χ2n) is 3.85. The van der Waals surface area contributed by atoms with Crippen LogP contribution in [0.5, 0.6) is 0 Å². The first-order chi connectivity index (χ1) is 9.08. The van der Waals surface area contributed by atoms with Crippen LogP contribution in [0, 0.1) is 0 Å². The molecule has 1 fully saturated rings. The fourth-order valence-corrected chi connectivity index (χ4v) is 2.11. The number of halogens is 2. The van der Waals surface area contributed by atoms with Crippen molar-refractivity contribution in [2.24, 2.45) is 0 Å². The lowest BCUT2D eigenvalue weighted by Gasteiger charge is -2.05. The Kier molecular flexibility index (Phi) is 4.45. The van der Waals surface area contributed by atoms with Crippen LogP contribution in [0.4, 0.5) is 0 Å². The summed E-state index contributed by atoms with van der Waals surface area (Å²) in [6.07, 6.45) is 2.19. The van der Waals surface area contributed by atoms with E-state index in [2.05, 4.69) is 4.74 Å². The molecule has 1 aromatic carbocycles. The van der Waals surface area contributed by atoms with Gasteiger partial charge < -0.3 is 9.47 Å². The van der Waals surface area contributed by atoms with Crippen LogP contribution in [0.25, 0.3) is 6.08 Å². The first-order valence-corrected chi connectivity index (χ1v) is 6.33. The Balaban J connectivity index is 2.02. The molecule has 1 aliphatic heterocycles. The summed E-state index contributed by atoms with van der Waals surface area (Å²) in [7, 11) is 0. The van der Waals surface area contributed by atoms with E-state index in [1.807, 2.05) is 0 Å². The Morgan fingerprint density at radius 2 is 2.05 bits per heavy atom. The zero-order valence-electron chi connectivity index (χ0n) is 9.77. The SMILES string of the molecule is O=C(/C=C/c1c(Cl)cccc1Cl)O[C@H]1CCOC1=O. The lowest BCUT2D eigenvalue weighted by molar-refractivity contribution is -0.156. The molecule has 100 valence electrons. The number of hydrogen-bond donors (Lipinski definition) is 0. The molecular weight excluding hydrogens is 291 g/mol. The largest absolute Gasteiger partial charge is 0.463 e. The van der Waals surface area contributed by atoms with E-state index in [4.69, 9.17) is 27.9 Å². The quantitative estimate of drug-likeness (QED) is 0.636. The number of carbonyl (C=O) groups excluding carboxylic acids is 2. The summed E-state index contributed by atoms with van der Waals surface area (Å²) in [6.45, 7) is 0.275. The molecule has 1 heterocycles. The second kappa shape index (κ2) is 6.08. The normalized spacial score (nSPS) is 18.6. The van der Waals surface area contributed by atoms with E-state index in [-0.39, 0.29) is 6.61 Å². The van der Waals surface area contributed by atoms with Gasteiger partial charge in [0.2, 0.25) is 6.10 Å². The van der Waals surface area contributed by atoms with Gasteiger partial charge >= 0.3 is 11.9 Å². The lowest BCUT2D eigenvalue weighted by atomic mass is 10.2. The van der Waals surface area contributed by atoms with Gasteiger partial charge in [-0.2, -0.15) is 0 Å². The standard InChI is InChI=1S/C13H10Cl2O4/c14-9-2-1-3-10(15)8(9)4-5-12(16)19-11-6-7-18-13(11)17/h1-5,11H,6-7H2/b5-4+/t11-/m0/s1. The number of cyclic esters (lactones) is 1. The molecule has 0 aromatic heterocycles. The molecule has 0 unspecified atom stereocenters. The number of esters is 2. The van der Waals surface area contributed by atoms with Gasteiger partial charge in [-0.15, -0.1) is 0 Å². The average molecular weight is 301 g/mol. The zero-order valence-corrected chi connectivity index (χ0v) is 11.3. The molecule has 0 saturated carbocycles. The number of carbonyl (C=O) groups is 2. The number of hydrogen-bond acceptors (Lipinski definition) is 4. The van der Waals surface area contributed by atoms with Gasteiger partial charge in [-0.25, -0.2) is 9.59 Å². The third-order valence-electron chi connectivity index (χ3n) is 2.53. The molecule has 0 aliphatic carbocycles. The number of rotatable bonds is 3. The maximum Gasteiger partial charge on any atom is 0.347 e. The van der Waals surface area contributed by atoms with E-state index in [0.717, 1.165) is 0 Å². The number of ether oxygens (including phenoxy) is 2. The van der Waals surface area contributed by atoms with Gasteiger partial charge in [-0.3, -0.25) is 0 Å². The molecule has 1 saturated heterocycles. The van der Waals surface area contributed by atoms with Crippen molar-refractivity contribution in [3.63, 3.8) is 0 Å². The molecule has 0 bridgehead atoms. The van der Waals surface area contributed by atoms with Gasteiger partial charge in [0.15, 0.2) is 0 Å². The molecule has 0 radical (unpaired) electrons. The topological polar surface area (TPSA) is 52.6 Å². The molecule has 1 aromatic rings. The van der Waals surface area contributed by atoms with E-state index >= 15 is 0 Å². The van der Waals surface area contributed by atoms with Gasteiger partial charge in [0.25, 0.3) is 0 Å². The van der Waals surface area contributed by atoms with Crippen molar-refractivity contribution >= 4 is 41.2 Å². The highest BCUT2D eigenvalue weighted by Gasteiger charge is 2.29. The van der Waals surface area contributed by atoms with Crippen molar-refractivity contribution in [1.82, 2.24) is 0 Å². The van der Waals surface area contributed by atoms with Crippen molar-refractivity contribution in [1.29, 1.82) is 0 Å². The minimum atomic E-state index is -0.820. The molecule has 0 N–H and O–H groups in total. The van der Waals surface area contributed by atoms with Crippen LogP contribution in [0.3, 0.4) is 0 Å². The molecule has 4 nitrogen and oxygen atoms in total. The molecule has 1 atom stereocenters. The van der Waals surface area contributed by atoms with E-state index in [1.54, 1.807) is 18.2 Å². The lowest BCUT2D eigenvalue weighted by Crippen LogP contribution is -2.21. The molecule has 1 aliphatic rings. The highest BCUT2D eigenvalue weighted by molar-refractivity contribution is 6.37. The molecule has 2 rings (SSSR count). The maximum atomic E-state index is 11.5. The van der Waals surface area contributed by atoms with Crippen LogP contribution < -0.4 is 0 Å². The Morgan fingerprint density at radius 3 is 2.63 bits per heavy atom. The minimum Gasteiger partial charge on any atom is -0.463 e. The summed E-state index contributed by atoms with van der Waals surface area (Å²) >= 11 is 11.9. The van der Waals surface area contributed by atoms with E-state index in [1.165, 1.54) is 12.2 Å². The van der Waals surface area contributed by atoms with Crippen LogP contribution >= 0.6 is 23.2 Å². The zero-order chi connectivity index (χ0) is 13.8. The van der Waals surface area contributed by atoms with Gasteiger partial charge in [0, 0.05) is 28.1 Å². The van der Waals surface area contributed by atoms with E-state index in [9.17, 15) is 9.59 Å². The smallest absolute Gasteiger partial charge is 0.347 e. The summed E-state index contributed by atoms with van der Waals surface area (Å²) in [5.74, 6) is -1.16. The van der Waals surface area contributed by atoms with Crippen LogP contribution in [0.1, 0.15) is 12.0 Å². The maximum absolute atomic E-state index is 11.5. The van der Waals surface area contributed by atoms with Crippen molar-refractivity contribution in [3.8, 4) is 0 Å². The third-order valence-corrected chi connectivity index (χ3v) is 3.19. The van der Waals surface area contributed by atoms with Gasteiger partial charge in [-0.1, -0.05) is 29.3 Å². The summed E-state index contributed by atoms with van der Waals surface area (Å²) < 4.78 is 9.62. The summed E-state index contributed by atoms with van der Waals surface area (Å²) in [5.41, 5.74) is 0.525. The third kappa shape index (κ3) is 3.49. The van der Waals surface area contributed by atoms with Crippen molar-refractivity contribution < 1.29 is 19.1 Å². The van der Waals surface area contributed by atoms with Gasteiger partial charge in [0.1, 0.15) is 0 Å². The molecule has 0 spiro atoms. The molecule has 6 heteroatoms. The Hall–Kier alpha value is -1.52. The predicted octanol–water partition coefficient (Wildman–Crippen LogP) is 2.87. The number of benzene rings is 1.